The number of carbonyl (C=O) groups is 2. The van der Waals surface area contributed by atoms with E-state index in [2.05, 4.69) is 5.32 Å². The summed E-state index contributed by atoms with van der Waals surface area (Å²) >= 11 is 0. The maximum absolute atomic E-state index is 12.0. The van der Waals surface area contributed by atoms with Crippen LogP contribution in [-0.4, -0.2) is 26.8 Å². The van der Waals surface area contributed by atoms with Gasteiger partial charge >= 0.3 is 5.97 Å². The molecule has 0 saturated carbocycles. The van der Waals surface area contributed by atoms with Crippen molar-refractivity contribution < 1.29 is 24.5 Å². The summed E-state index contributed by atoms with van der Waals surface area (Å²) in [4.78, 5) is 43.3. The number of anilines is 1. The summed E-state index contributed by atoms with van der Waals surface area (Å²) in [7, 11) is 0. The molecule has 2 rings (SSSR count). The first kappa shape index (κ1) is 17.5. The molecule has 10 heteroatoms. The van der Waals surface area contributed by atoms with Crippen LogP contribution in [0.1, 0.15) is 15.9 Å². The molecule has 0 fully saturated rings. The number of aromatic carboxylic acids is 1. The molecule has 0 unspecified atom stereocenters. The Bertz CT molecular complexity index is 862. The number of nitro benzene ring substituents is 2. The van der Waals surface area contributed by atoms with E-state index in [1.807, 2.05) is 0 Å². The molecule has 10 nitrogen and oxygen atoms in total. The molecule has 0 saturated heterocycles. The molecule has 0 aliphatic carbocycles. The quantitative estimate of drug-likeness (QED) is 0.602. The van der Waals surface area contributed by atoms with Gasteiger partial charge in [-0.05, 0) is 11.6 Å². The van der Waals surface area contributed by atoms with Gasteiger partial charge in [0.05, 0.1) is 27.5 Å². The monoisotopic (exact) mass is 345 g/mol. The molecule has 0 aliphatic rings. The number of hydrogen-bond donors (Lipinski definition) is 2. The third kappa shape index (κ3) is 4.34. The van der Waals surface area contributed by atoms with Gasteiger partial charge in [-0.15, -0.1) is 0 Å². The molecular formula is C15H11N3O7. The number of hydrogen-bond acceptors (Lipinski definition) is 6. The van der Waals surface area contributed by atoms with E-state index in [1.165, 1.54) is 24.3 Å². The second kappa shape index (κ2) is 7.17. The third-order valence-corrected chi connectivity index (χ3v) is 3.23. The van der Waals surface area contributed by atoms with Crippen molar-refractivity contribution in [2.24, 2.45) is 0 Å². The molecule has 128 valence electrons. The summed E-state index contributed by atoms with van der Waals surface area (Å²) in [6.45, 7) is 0. The lowest BCUT2D eigenvalue weighted by Gasteiger charge is -2.08. The molecule has 0 spiro atoms. The first-order chi connectivity index (χ1) is 11.8. The molecule has 0 radical (unpaired) electrons. The summed E-state index contributed by atoms with van der Waals surface area (Å²) in [5.74, 6) is -1.96. The van der Waals surface area contributed by atoms with Crippen LogP contribution in [0.2, 0.25) is 0 Å². The van der Waals surface area contributed by atoms with Crippen molar-refractivity contribution in [3.8, 4) is 0 Å². The summed E-state index contributed by atoms with van der Waals surface area (Å²) in [5.41, 5.74) is -0.520. The van der Waals surface area contributed by atoms with Crippen LogP contribution in [0.5, 0.6) is 0 Å². The van der Waals surface area contributed by atoms with Crippen LogP contribution in [0.15, 0.2) is 42.5 Å². The fourth-order valence-electron chi connectivity index (χ4n) is 2.05. The number of carboxylic acid groups (broad SMARTS) is 1. The molecule has 2 N–H and O–H groups in total. The molecule has 0 atom stereocenters. The van der Waals surface area contributed by atoms with Gasteiger partial charge in [-0.3, -0.25) is 25.0 Å². The molecule has 2 aromatic carbocycles. The van der Waals surface area contributed by atoms with Crippen LogP contribution in [0, 0.1) is 20.2 Å². The van der Waals surface area contributed by atoms with E-state index in [4.69, 9.17) is 5.11 Å². The Labute approximate surface area is 140 Å². The van der Waals surface area contributed by atoms with Gasteiger partial charge in [0.25, 0.3) is 11.4 Å². The number of carboxylic acids is 1. The Balaban J connectivity index is 2.19. The zero-order valence-electron chi connectivity index (χ0n) is 12.5. The largest absolute Gasteiger partial charge is 0.478 e. The highest BCUT2D eigenvalue weighted by molar-refractivity contribution is 6.01. The summed E-state index contributed by atoms with van der Waals surface area (Å²) < 4.78 is 0. The van der Waals surface area contributed by atoms with Crippen LogP contribution >= 0.6 is 0 Å². The number of nitrogens with one attached hydrogen (secondary N) is 1. The Hall–Kier alpha value is -3.82. The van der Waals surface area contributed by atoms with Crippen molar-refractivity contribution >= 4 is 28.9 Å². The second-order valence-electron chi connectivity index (χ2n) is 4.94. The van der Waals surface area contributed by atoms with E-state index in [0.717, 1.165) is 18.2 Å². The third-order valence-electron chi connectivity index (χ3n) is 3.23. The Morgan fingerprint density at radius 3 is 2.04 bits per heavy atom. The van der Waals surface area contributed by atoms with E-state index < -0.39 is 21.7 Å². The summed E-state index contributed by atoms with van der Waals surface area (Å²) in [5, 5.41) is 32.8. The molecule has 0 aliphatic heterocycles. The van der Waals surface area contributed by atoms with Crippen molar-refractivity contribution in [3.05, 3.63) is 73.8 Å². The lowest BCUT2D eigenvalue weighted by molar-refractivity contribution is -0.385. The minimum absolute atomic E-state index is 0.129. The van der Waals surface area contributed by atoms with E-state index in [9.17, 15) is 29.8 Å². The maximum Gasteiger partial charge on any atom is 0.337 e. The Kier molecular flexibility index (Phi) is 5.03. The Morgan fingerprint density at radius 2 is 1.52 bits per heavy atom. The molecular weight excluding hydrogens is 334 g/mol. The molecule has 0 aromatic heterocycles. The van der Waals surface area contributed by atoms with Crippen LogP contribution in [0.4, 0.5) is 17.1 Å². The second-order valence-corrected chi connectivity index (χ2v) is 4.94. The van der Waals surface area contributed by atoms with Gasteiger partial charge in [-0.2, -0.15) is 0 Å². The fourth-order valence-corrected chi connectivity index (χ4v) is 2.05. The highest BCUT2D eigenvalue weighted by Crippen LogP contribution is 2.23. The molecule has 1 amide bonds. The van der Waals surface area contributed by atoms with Gasteiger partial charge in [0.1, 0.15) is 0 Å². The predicted molar refractivity (Wildman–Crippen MR) is 85.5 cm³/mol. The van der Waals surface area contributed by atoms with Crippen molar-refractivity contribution in [1.29, 1.82) is 0 Å². The van der Waals surface area contributed by atoms with E-state index in [-0.39, 0.29) is 29.0 Å². The van der Waals surface area contributed by atoms with Crippen molar-refractivity contribution in [2.75, 3.05) is 5.32 Å². The van der Waals surface area contributed by atoms with Crippen molar-refractivity contribution in [1.82, 2.24) is 0 Å². The zero-order valence-corrected chi connectivity index (χ0v) is 12.5. The minimum Gasteiger partial charge on any atom is -0.478 e. The van der Waals surface area contributed by atoms with Gasteiger partial charge in [0, 0.05) is 24.3 Å². The topological polar surface area (TPSA) is 153 Å². The van der Waals surface area contributed by atoms with Crippen molar-refractivity contribution in [2.45, 2.75) is 6.42 Å². The number of benzene rings is 2. The van der Waals surface area contributed by atoms with E-state index in [1.54, 1.807) is 0 Å². The zero-order chi connectivity index (χ0) is 18.6. The highest BCUT2D eigenvalue weighted by atomic mass is 16.6. The van der Waals surface area contributed by atoms with Gasteiger partial charge < -0.3 is 10.4 Å². The number of rotatable bonds is 6. The number of non-ortho nitro benzene ring substituents is 2. The molecule has 0 heterocycles. The summed E-state index contributed by atoms with van der Waals surface area (Å²) in [6.07, 6.45) is -0.181. The van der Waals surface area contributed by atoms with Gasteiger partial charge in [0.15, 0.2) is 0 Å². The highest BCUT2D eigenvalue weighted by Gasteiger charge is 2.17. The standard InChI is InChI=1S/C15H11N3O7/c19-14(7-9-1-3-10(4-2-9)17(22)23)16-13-8-11(18(24)25)5-6-12(13)15(20)21/h1-6,8H,7H2,(H,16,19)(H,20,21). The number of carbonyl (C=O) groups excluding carboxylic acids is 1. The number of amides is 1. The molecule has 0 bridgehead atoms. The number of nitro groups is 2. The lowest BCUT2D eigenvalue weighted by atomic mass is 10.1. The smallest absolute Gasteiger partial charge is 0.337 e. The van der Waals surface area contributed by atoms with Crippen LogP contribution in [-0.2, 0) is 11.2 Å². The van der Waals surface area contributed by atoms with Gasteiger partial charge in [-0.25, -0.2) is 4.79 Å². The molecule has 25 heavy (non-hydrogen) atoms. The van der Waals surface area contributed by atoms with E-state index >= 15 is 0 Å². The minimum atomic E-state index is -1.35. The van der Waals surface area contributed by atoms with Crippen molar-refractivity contribution in [3.63, 3.8) is 0 Å². The SMILES string of the molecule is O=C(Cc1ccc([N+](=O)[O-])cc1)Nc1cc([N+](=O)[O-])ccc1C(=O)O. The van der Waals surface area contributed by atoms with Crippen LogP contribution in [0.25, 0.3) is 0 Å². The normalized spacial score (nSPS) is 10.1. The van der Waals surface area contributed by atoms with E-state index in [0.29, 0.717) is 5.56 Å². The molecule has 2 aromatic rings. The fraction of sp³-hybridized carbons (Fsp3) is 0.0667. The Morgan fingerprint density at radius 1 is 0.960 bits per heavy atom. The first-order valence-electron chi connectivity index (χ1n) is 6.83. The van der Waals surface area contributed by atoms with Gasteiger partial charge in [-0.1, -0.05) is 12.1 Å². The van der Waals surface area contributed by atoms with Gasteiger partial charge in [0.2, 0.25) is 5.91 Å². The average Bonchev–Trinajstić information content (AvgIpc) is 2.54. The average molecular weight is 345 g/mol. The van der Waals surface area contributed by atoms with Crippen LogP contribution < -0.4 is 5.32 Å². The van der Waals surface area contributed by atoms with Crippen LogP contribution in [0.3, 0.4) is 0 Å². The first-order valence-corrected chi connectivity index (χ1v) is 6.83. The lowest BCUT2D eigenvalue weighted by Crippen LogP contribution is -2.17. The summed E-state index contributed by atoms with van der Waals surface area (Å²) in [6, 6.07) is 8.26. The number of nitrogens with zero attached hydrogens (tertiary/aromatic N) is 2. The maximum atomic E-state index is 12.0. The predicted octanol–water partition coefficient (Wildman–Crippen LogP) is 2.38.